The highest BCUT2D eigenvalue weighted by atomic mass is 16.5. The Balaban J connectivity index is 1.90. The van der Waals surface area contributed by atoms with Gasteiger partial charge in [-0.15, -0.1) is 0 Å². The Morgan fingerprint density at radius 1 is 1.07 bits per heavy atom. The van der Waals surface area contributed by atoms with Crippen LogP contribution in [-0.4, -0.2) is 43.5 Å². The average molecular weight is 369 g/mol. The van der Waals surface area contributed by atoms with Gasteiger partial charge in [0, 0.05) is 11.4 Å². The molecule has 0 aromatic heterocycles. The van der Waals surface area contributed by atoms with Gasteiger partial charge in [0.25, 0.3) is 0 Å². The van der Waals surface area contributed by atoms with Crippen molar-refractivity contribution in [2.45, 2.75) is 26.3 Å². The fourth-order valence-corrected chi connectivity index (χ4v) is 2.62. The third-order valence-corrected chi connectivity index (χ3v) is 4.46. The molecule has 0 heterocycles. The summed E-state index contributed by atoms with van der Waals surface area (Å²) in [5.74, 6) is 0.397. The molecule has 1 atom stereocenters. The van der Waals surface area contributed by atoms with Crippen LogP contribution in [0.15, 0.2) is 48.5 Å². The number of benzene rings is 2. The Kier molecular flexibility index (Phi) is 7.37. The lowest BCUT2D eigenvalue weighted by molar-refractivity contribution is -0.122. The molecule has 1 unspecified atom stereocenters. The summed E-state index contributed by atoms with van der Waals surface area (Å²) in [7, 11) is 3.35. The molecule has 0 aliphatic heterocycles. The maximum Gasteiger partial charge on any atom is 0.241 e. The van der Waals surface area contributed by atoms with Crippen molar-refractivity contribution in [3.8, 4) is 5.75 Å². The second kappa shape index (κ2) is 9.73. The first kappa shape index (κ1) is 20.5. The fourth-order valence-electron chi connectivity index (χ4n) is 2.62. The SMILES string of the molecule is CCc1ccccc1NC(=O)CN(C)C(C)C(=O)Nc1ccc(OC)cc1. The molecule has 0 fully saturated rings. The molecule has 0 saturated heterocycles. The Bertz CT molecular complexity index is 774. The number of hydrogen-bond donors (Lipinski definition) is 2. The maximum absolute atomic E-state index is 12.4. The fraction of sp³-hybridized carbons (Fsp3) is 0.333. The van der Waals surface area contributed by atoms with Gasteiger partial charge in [-0.1, -0.05) is 25.1 Å². The van der Waals surface area contributed by atoms with E-state index in [9.17, 15) is 9.59 Å². The number of likely N-dealkylation sites (N-methyl/N-ethyl adjacent to an activating group) is 1. The zero-order valence-electron chi connectivity index (χ0n) is 16.3. The zero-order valence-corrected chi connectivity index (χ0v) is 16.3. The first-order valence-corrected chi connectivity index (χ1v) is 8.97. The summed E-state index contributed by atoms with van der Waals surface area (Å²) in [6.07, 6.45) is 0.840. The molecule has 144 valence electrons. The minimum absolute atomic E-state index is 0.120. The summed E-state index contributed by atoms with van der Waals surface area (Å²) in [6, 6.07) is 14.4. The Labute approximate surface area is 160 Å². The van der Waals surface area contributed by atoms with E-state index < -0.39 is 6.04 Å². The molecule has 2 aromatic carbocycles. The zero-order chi connectivity index (χ0) is 19.8. The molecule has 0 aliphatic carbocycles. The number of para-hydroxylation sites is 1. The summed E-state index contributed by atoms with van der Waals surface area (Å²) in [4.78, 5) is 26.5. The van der Waals surface area contributed by atoms with E-state index in [-0.39, 0.29) is 18.4 Å². The standard InChI is InChI=1S/C21H27N3O3/c1-5-16-8-6-7-9-19(16)23-20(25)14-24(3)15(2)21(26)22-17-10-12-18(27-4)13-11-17/h6-13,15H,5,14H2,1-4H3,(H,22,26)(H,23,25). The predicted molar refractivity (Wildman–Crippen MR) is 108 cm³/mol. The summed E-state index contributed by atoms with van der Waals surface area (Å²) >= 11 is 0. The predicted octanol–water partition coefficient (Wildman–Crippen LogP) is 3.16. The molecule has 0 radical (unpaired) electrons. The molecule has 2 rings (SSSR count). The minimum Gasteiger partial charge on any atom is -0.497 e. The summed E-state index contributed by atoms with van der Waals surface area (Å²) in [5.41, 5.74) is 2.58. The first-order valence-electron chi connectivity index (χ1n) is 8.97. The topological polar surface area (TPSA) is 70.7 Å². The van der Waals surface area contributed by atoms with Crippen molar-refractivity contribution < 1.29 is 14.3 Å². The molecule has 0 saturated carbocycles. The van der Waals surface area contributed by atoms with E-state index in [4.69, 9.17) is 4.74 Å². The van der Waals surface area contributed by atoms with E-state index in [1.807, 2.05) is 31.2 Å². The van der Waals surface area contributed by atoms with Gasteiger partial charge < -0.3 is 15.4 Å². The smallest absolute Gasteiger partial charge is 0.241 e. The van der Waals surface area contributed by atoms with Crippen molar-refractivity contribution >= 4 is 23.2 Å². The van der Waals surface area contributed by atoms with Gasteiger partial charge in [0.15, 0.2) is 0 Å². The lowest BCUT2D eigenvalue weighted by Gasteiger charge is -2.23. The average Bonchev–Trinajstić information content (AvgIpc) is 2.68. The third-order valence-electron chi connectivity index (χ3n) is 4.46. The lowest BCUT2D eigenvalue weighted by Crippen LogP contribution is -2.43. The molecule has 2 aromatic rings. The Hall–Kier alpha value is -2.86. The van der Waals surface area contributed by atoms with Crippen molar-refractivity contribution in [1.29, 1.82) is 0 Å². The lowest BCUT2D eigenvalue weighted by atomic mass is 10.1. The van der Waals surface area contributed by atoms with Gasteiger partial charge in [0.05, 0.1) is 19.7 Å². The molecule has 6 heteroatoms. The minimum atomic E-state index is -0.459. The molecule has 0 aliphatic rings. The third kappa shape index (κ3) is 5.82. The van der Waals surface area contributed by atoms with Crippen LogP contribution < -0.4 is 15.4 Å². The number of carbonyl (C=O) groups is 2. The number of nitrogens with one attached hydrogen (secondary N) is 2. The van der Waals surface area contributed by atoms with E-state index in [0.29, 0.717) is 5.69 Å². The van der Waals surface area contributed by atoms with Crippen LogP contribution in [0.25, 0.3) is 0 Å². The van der Waals surface area contributed by atoms with Crippen molar-refractivity contribution in [1.82, 2.24) is 4.90 Å². The van der Waals surface area contributed by atoms with Crippen LogP contribution in [0.3, 0.4) is 0 Å². The van der Waals surface area contributed by atoms with E-state index in [2.05, 4.69) is 10.6 Å². The van der Waals surface area contributed by atoms with Gasteiger partial charge in [-0.3, -0.25) is 14.5 Å². The number of nitrogens with zero attached hydrogens (tertiary/aromatic N) is 1. The van der Waals surface area contributed by atoms with Gasteiger partial charge in [-0.2, -0.15) is 0 Å². The Morgan fingerprint density at radius 3 is 2.37 bits per heavy atom. The van der Waals surface area contributed by atoms with Crippen LogP contribution in [0, 0.1) is 0 Å². The van der Waals surface area contributed by atoms with Crippen molar-refractivity contribution in [3.05, 3.63) is 54.1 Å². The van der Waals surface area contributed by atoms with Gasteiger partial charge in [0.2, 0.25) is 11.8 Å². The van der Waals surface area contributed by atoms with Crippen LogP contribution in [0.2, 0.25) is 0 Å². The van der Waals surface area contributed by atoms with Crippen LogP contribution in [0.4, 0.5) is 11.4 Å². The highest BCUT2D eigenvalue weighted by Crippen LogP contribution is 2.17. The molecular weight excluding hydrogens is 342 g/mol. The number of carbonyl (C=O) groups excluding carboxylic acids is 2. The number of methoxy groups -OCH3 is 1. The van der Waals surface area contributed by atoms with Crippen LogP contribution in [0.1, 0.15) is 19.4 Å². The second-order valence-electron chi connectivity index (χ2n) is 6.37. The molecular formula is C21H27N3O3. The number of hydrogen-bond acceptors (Lipinski definition) is 4. The molecule has 2 amide bonds. The van der Waals surface area contributed by atoms with E-state index in [0.717, 1.165) is 23.4 Å². The quantitative estimate of drug-likeness (QED) is 0.750. The second-order valence-corrected chi connectivity index (χ2v) is 6.37. The molecule has 0 bridgehead atoms. The summed E-state index contributed by atoms with van der Waals surface area (Å²) < 4.78 is 5.10. The highest BCUT2D eigenvalue weighted by Gasteiger charge is 2.20. The van der Waals surface area contributed by atoms with E-state index >= 15 is 0 Å². The summed E-state index contributed by atoms with van der Waals surface area (Å²) in [5, 5.41) is 5.77. The molecule has 27 heavy (non-hydrogen) atoms. The van der Waals surface area contributed by atoms with Crippen molar-refractivity contribution in [2.75, 3.05) is 31.3 Å². The molecule has 0 spiro atoms. The number of anilines is 2. The van der Waals surface area contributed by atoms with Crippen molar-refractivity contribution in [2.24, 2.45) is 0 Å². The van der Waals surface area contributed by atoms with Crippen LogP contribution in [0.5, 0.6) is 5.75 Å². The maximum atomic E-state index is 12.4. The van der Waals surface area contributed by atoms with Crippen molar-refractivity contribution in [3.63, 3.8) is 0 Å². The first-order chi connectivity index (χ1) is 12.9. The van der Waals surface area contributed by atoms with Crippen LogP contribution >= 0.6 is 0 Å². The van der Waals surface area contributed by atoms with E-state index in [1.165, 1.54) is 0 Å². The largest absolute Gasteiger partial charge is 0.497 e. The van der Waals surface area contributed by atoms with E-state index in [1.54, 1.807) is 50.2 Å². The highest BCUT2D eigenvalue weighted by molar-refractivity contribution is 5.96. The monoisotopic (exact) mass is 369 g/mol. The summed E-state index contributed by atoms with van der Waals surface area (Å²) in [6.45, 7) is 3.93. The number of ether oxygens (including phenoxy) is 1. The number of rotatable bonds is 8. The number of amides is 2. The van der Waals surface area contributed by atoms with Gasteiger partial charge in [0.1, 0.15) is 5.75 Å². The van der Waals surface area contributed by atoms with Crippen LogP contribution in [-0.2, 0) is 16.0 Å². The van der Waals surface area contributed by atoms with Gasteiger partial charge in [-0.25, -0.2) is 0 Å². The van der Waals surface area contributed by atoms with Gasteiger partial charge >= 0.3 is 0 Å². The number of aryl methyl sites for hydroxylation is 1. The normalized spacial score (nSPS) is 11.7. The van der Waals surface area contributed by atoms with Gasteiger partial charge in [-0.05, 0) is 56.3 Å². The molecule has 6 nitrogen and oxygen atoms in total. The molecule has 2 N–H and O–H groups in total. The Morgan fingerprint density at radius 2 is 1.74 bits per heavy atom.